The van der Waals surface area contributed by atoms with Crippen molar-refractivity contribution in [3.8, 4) is 0 Å². The van der Waals surface area contributed by atoms with Gasteiger partial charge >= 0.3 is 5.97 Å². The highest BCUT2D eigenvalue weighted by molar-refractivity contribution is 7.89. The normalized spacial score (nSPS) is 27.4. The van der Waals surface area contributed by atoms with Crippen molar-refractivity contribution >= 4 is 44.8 Å². The number of rotatable bonds is 8. The monoisotopic (exact) mass is 540 g/mol. The van der Waals surface area contributed by atoms with Gasteiger partial charge in [0.15, 0.2) is 10.8 Å². The first-order valence-electron chi connectivity index (χ1n) is 10.8. The molecule has 0 saturated heterocycles. The SMILES string of the molecule is COC(=O)C1=C(C23CC(NS(=O)(=O)CCO)(C2)C3)NC(c2nccs2)=NC1c1ccc(F)cc1Cl. The predicted molar refractivity (Wildman–Crippen MR) is 128 cm³/mol. The minimum Gasteiger partial charge on any atom is -0.466 e. The number of hydrogen-bond donors (Lipinski definition) is 3. The van der Waals surface area contributed by atoms with E-state index >= 15 is 0 Å². The molecule has 1 atom stereocenters. The molecule has 0 amide bonds. The second kappa shape index (κ2) is 8.63. The smallest absolute Gasteiger partial charge is 0.338 e. The van der Waals surface area contributed by atoms with Crippen molar-refractivity contribution in [1.82, 2.24) is 15.0 Å². The van der Waals surface area contributed by atoms with Crippen molar-refractivity contribution < 1.29 is 27.4 Å². The van der Waals surface area contributed by atoms with Crippen molar-refractivity contribution in [2.24, 2.45) is 10.4 Å². The Kier molecular flexibility index (Phi) is 5.99. The Bertz CT molecular complexity index is 1340. The number of carbonyl (C=O) groups excluding carboxylic acids is 1. The lowest BCUT2D eigenvalue weighted by Gasteiger charge is -2.71. The first-order valence-corrected chi connectivity index (χ1v) is 13.7. The highest BCUT2D eigenvalue weighted by Crippen LogP contribution is 2.71. The second-order valence-electron chi connectivity index (χ2n) is 9.02. The molecule has 0 radical (unpaired) electrons. The Balaban J connectivity index is 1.57. The molecule has 1 aromatic carbocycles. The number of aliphatic imine (C=N–C) groups is 1. The highest BCUT2D eigenvalue weighted by Gasteiger charge is 2.71. The molecule has 186 valence electrons. The van der Waals surface area contributed by atoms with E-state index < -0.39 is 45.4 Å². The number of benzene rings is 1. The third-order valence-corrected chi connectivity index (χ3v) is 9.21. The van der Waals surface area contributed by atoms with Gasteiger partial charge in [-0.1, -0.05) is 17.7 Å². The van der Waals surface area contributed by atoms with Crippen LogP contribution in [0.4, 0.5) is 4.39 Å². The number of methoxy groups -OCH3 is 1. The van der Waals surface area contributed by atoms with Crippen LogP contribution >= 0.6 is 22.9 Å². The Morgan fingerprint density at radius 3 is 2.74 bits per heavy atom. The molecule has 3 fully saturated rings. The van der Waals surface area contributed by atoms with Crippen molar-refractivity contribution in [2.75, 3.05) is 19.5 Å². The predicted octanol–water partition coefficient (Wildman–Crippen LogP) is 2.29. The fourth-order valence-corrected chi connectivity index (χ4v) is 7.43. The van der Waals surface area contributed by atoms with E-state index in [1.807, 2.05) is 0 Å². The van der Waals surface area contributed by atoms with E-state index in [-0.39, 0.29) is 16.3 Å². The van der Waals surface area contributed by atoms with Gasteiger partial charge in [-0.05, 0) is 31.4 Å². The quantitative estimate of drug-likeness (QED) is 0.438. The molecule has 1 aliphatic heterocycles. The molecule has 6 rings (SSSR count). The van der Waals surface area contributed by atoms with Gasteiger partial charge in [-0.15, -0.1) is 11.3 Å². The molecule has 2 heterocycles. The lowest BCUT2D eigenvalue weighted by Crippen LogP contribution is -2.76. The van der Waals surface area contributed by atoms with E-state index in [2.05, 4.69) is 15.0 Å². The molecule has 2 aromatic rings. The summed E-state index contributed by atoms with van der Waals surface area (Å²) in [6.45, 7) is -0.469. The zero-order valence-corrected chi connectivity index (χ0v) is 20.9. The molecule has 4 aliphatic rings. The second-order valence-corrected chi connectivity index (χ2v) is 12.2. The fourth-order valence-electron chi connectivity index (χ4n) is 5.35. The molecule has 2 bridgehead atoms. The van der Waals surface area contributed by atoms with Crippen LogP contribution in [0.5, 0.6) is 0 Å². The summed E-state index contributed by atoms with van der Waals surface area (Å²) in [6.07, 6.45) is 3.02. The van der Waals surface area contributed by atoms with Crippen LogP contribution in [0.2, 0.25) is 5.02 Å². The van der Waals surface area contributed by atoms with E-state index in [0.717, 1.165) is 6.07 Å². The molecule has 3 saturated carbocycles. The largest absolute Gasteiger partial charge is 0.466 e. The van der Waals surface area contributed by atoms with Crippen LogP contribution in [0.25, 0.3) is 0 Å². The zero-order valence-electron chi connectivity index (χ0n) is 18.5. The van der Waals surface area contributed by atoms with Crippen molar-refractivity contribution in [2.45, 2.75) is 30.8 Å². The van der Waals surface area contributed by atoms with Gasteiger partial charge in [0.2, 0.25) is 10.0 Å². The topological polar surface area (TPSA) is 130 Å². The molecule has 0 spiro atoms. The maximum absolute atomic E-state index is 13.8. The zero-order chi connectivity index (χ0) is 25.0. The number of thiazole rings is 1. The van der Waals surface area contributed by atoms with Crippen molar-refractivity contribution in [3.05, 3.63) is 62.5 Å². The minimum atomic E-state index is -3.63. The number of sulfonamides is 1. The van der Waals surface area contributed by atoms with Gasteiger partial charge in [-0.3, -0.25) is 4.99 Å². The maximum atomic E-state index is 13.8. The minimum absolute atomic E-state index is 0.116. The van der Waals surface area contributed by atoms with Gasteiger partial charge < -0.3 is 15.2 Å². The molecule has 1 unspecified atom stereocenters. The Morgan fingerprint density at radius 1 is 1.40 bits per heavy atom. The van der Waals surface area contributed by atoms with Gasteiger partial charge in [0.25, 0.3) is 0 Å². The van der Waals surface area contributed by atoms with E-state index in [9.17, 15) is 17.6 Å². The number of carbonyl (C=O) groups is 1. The Morgan fingerprint density at radius 2 is 2.14 bits per heavy atom. The number of nitrogens with zero attached hydrogens (tertiary/aromatic N) is 2. The van der Waals surface area contributed by atoms with Crippen molar-refractivity contribution in [3.63, 3.8) is 0 Å². The fraction of sp³-hybridized carbons (Fsp3) is 0.409. The summed E-state index contributed by atoms with van der Waals surface area (Å²) in [4.78, 5) is 22.1. The van der Waals surface area contributed by atoms with Crippen molar-refractivity contribution in [1.29, 1.82) is 0 Å². The molecule has 3 N–H and O–H groups in total. The van der Waals surface area contributed by atoms with E-state index in [1.54, 1.807) is 11.6 Å². The molecule has 3 aliphatic carbocycles. The van der Waals surface area contributed by atoms with Gasteiger partial charge in [0, 0.05) is 38.8 Å². The van der Waals surface area contributed by atoms with Gasteiger partial charge in [0.1, 0.15) is 11.9 Å². The van der Waals surface area contributed by atoms with E-state index in [1.165, 1.54) is 30.6 Å². The van der Waals surface area contributed by atoms with Crippen LogP contribution in [0.15, 0.2) is 46.0 Å². The number of ether oxygens (including phenoxy) is 1. The molecule has 35 heavy (non-hydrogen) atoms. The summed E-state index contributed by atoms with van der Waals surface area (Å²) in [5, 5.41) is 14.8. The van der Waals surface area contributed by atoms with Gasteiger partial charge in [0.05, 0.1) is 25.0 Å². The number of allylic oxidation sites excluding steroid dienone is 1. The van der Waals surface area contributed by atoms with Crippen LogP contribution < -0.4 is 10.0 Å². The van der Waals surface area contributed by atoms with Crippen LogP contribution in [0.1, 0.15) is 35.9 Å². The summed E-state index contributed by atoms with van der Waals surface area (Å²) in [5.41, 5.74) is 0.134. The van der Waals surface area contributed by atoms with Gasteiger partial charge in [-0.25, -0.2) is 27.3 Å². The lowest BCUT2D eigenvalue weighted by atomic mass is 9.38. The Hall–Kier alpha value is -2.38. The van der Waals surface area contributed by atoms with E-state index in [0.29, 0.717) is 41.4 Å². The van der Waals surface area contributed by atoms with Crippen LogP contribution in [0.3, 0.4) is 0 Å². The molecule has 9 nitrogen and oxygen atoms in total. The standard InChI is InChI=1S/C22H22ClFN4O5S2/c1-33-20(30)15-16(13-3-2-12(24)8-14(13)23)26-18(19-25-4-6-34-19)27-17(15)21-9-22(10-21,11-21)28-35(31,32)7-5-29/h2-4,6,8,16,28-29H,5,7,9-11H2,1H3,(H,26,27). The number of amidine groups is 1. The first-order chi connectivity index (χ1) is 16.6. The highest BCUT2D eigenvalue weighted by atomic mass is 35.5. The third-order valence-electron chi connectivity index (χ3n) is 6.63. The van der Waals surface area contributed by atoms with Crippen LogP contribution in [-0.4, -0.2) is 55.3 Å². The number of aliphatic hydroxyl groups is 1. The maximum Gasteiger partial charge on any atom is 0.338 e. The average Bonchev–Trinajstić information content (AvgIpc) is 3.29. The molecular formula is C22H22ClFN4O5S2. The summed E-state index contributed by atoms with van der Waals surface area (Å²) in [7, 11) is -2.36. The number of esters is 1. The lowest BCUT2D eigenvalue weighted by molar-refractivity contribution is -0.138. The summed E-state index contributed by atoms with van der Waals surface area (Å²) in [5.74, 6) is -1.06. The number of aliphatic hydroxyl groups excluding tert-OH is 1. The number of aromatic nitrogens is 1. The Labute approximate surface area is 210 Å². The summed E-state index contributed by atoms with van der Waals surface area (Å²) in [6, 6.07) is 3.03. The summed E-state index contributed by atoms with van der Waals surface area (Å²) < 4.78 is 46.0. The van der Waals surface area contributed by atoms with Crippen LogP contribution in [0, 0.1) is 11.2 Å². The number of nitrogens with one attached hydrogen (secondary N) is 2. The average molecular weight is 541 g/mol. The number of halogens is 2. The van der Waals surface area contributed by atoms with Crippen LogP contribution in [-0.2, 0) is 19.6 Å². The molecule has 1 aromatic heterocycles. The molecular weight excluding hydrogens is 519 g/mol. The molecule has 13 heteroatoms. The van der Waals surface area contributed by atoms with Gasteiger partial charge in [-0.2, -0.15) is 0 Å². The first kappa shape index (κ1) is 24.3. The third kappa shape index (κ3) is 4.16. The van der Waals surface area contributed by atoms with E-state index in [4.69, 9.17) is 26.4 Å². The number of hydrogen-bond acceptors (Lipinski definition) is 9. The summed E-state index contributed by atoms with van der Waals surface area (Å²) >= 11 is 7.74.